The Bertz CT molecular complexity index is 941. The van der Waals surface area contributed by atoms with Crippen LogP contribution in [0.4, 0.5) is 5.69 Å². The molecular weight excluding hydrogens is 463 g/mol. The number of carbonyl (C=O) groups is 1. The molecular formula is C18H17IN4O2S. The third-order valence-electron chi connectivity index (χ3n) is 3.76. The van der Waals surface area contributed by atoms with E-state index in [0.717, 1.165) is 20.4 Å². The number of phenols is 1. The van der Waals surface area contributed by atoms with Gasteiger partial charge in [-0.3, -0.25) is 4.79 Å². The van der Waals surface area contributed by atoms with E-state index in [4.69, 9.17) is 0 Å². The Morgan fingerprint density at radius 2 is 1.96 bits per heavy atom. The van der Waals surface area contributed by atoms with Gasteiger partial charge in [-0.15, -0.1) is 10.2 Å². The first-order valence-corrected chi connectivity index (χ1v) is 9.88. The fourth-order valence-corrected chi connectivity index (χ4v) is 3.74. The largest absolute Gasteiger partial charge is 0.508 e. The molecule has 2 N–H and O–H groups in total. The second kappa shape index (κ2) is 8.09. The van der Waals surface area contributed by atoms with E-state index in [1.54, 1.807) is 24.3 Å². The van der Waals surface area contributed by atoms with Crippen molar-refractivity contribution in [2.75, 3.05) is 11.1 Å². The van der Waals surface area contributed by atoms with Crippen molar-refractivity contribution in [2.24, 2.45) is 7.05 Å². The highest BCUT2D eigenvalue weighted by atomic mass is 127. The van der Waals surface area contributed by atoms with Crippen LogP contribution in [0.15, 0.2) is 47.6 Å². The maximum absolute atomic E-state index is 12.2. The zero-order chi connectivity index (χ0) is 18.7. The molecule has 0 aliphatic heterocycles. The van der Waals surface area contributed by atoms with E-state index in [0.29, 0.717) is 11.0 Å². The van der Waals surface area contributed by atoms with Gasteiger partial charge in [0.1, 0.15) is 5.75 Å². The van der Waals surface area contributed by atoms with Crippen LogP contribution >= 0.6 is 34.4 Å². The van der Waals surface area contributed by atoms with Crippen molar-refractivity contribution >= 4 is 45.9 Å². The molecule has 0 bridgehead atoms. The minimum atomic E-state index is -0.0894. The van der Waals surface area contributed by atoms with Gasteiger partial charge in [0.15, 0.2) is 11.0 Å². The highest BCUT2D eigenvalue weighted by molar-refractivity contribution is 14.1. The van der Waals surface area contributed by atoms with Gasteiger partial charge in [0, 0.05) is 21.9 Å². The first kappa shape index (κ1) is 18.7. The van der Waals surface area contributed by atoms with Crippen molar-refractivity contribution in [1.29, 1.82) is 0 Å². The summed E-state index contributed by atoms with van der Waals surface area (Å²) in [5.41, 5.74) is 2.70. The molecule has 0 saturated heterocycles. The summed E-state index contributed by atoms with van der Waals surface area (Å²) in [5, 5.41) is 21.3. The van der Waals surface area contributed by atoms with Crippen LogP contribution in [-0.2, 0) is 11.8 Å². The summed E-state index contributed by atoms with van der Waals surface area (Å²) in [7, 11) is 1.85. The van der Waals surface area contributed by atoms with Gasteiger partial charge in [0.25, 0.3) is 0 Å². The highest BCUT2D eigenvalue weighted by Gasteiger charge is 2.13. The number of amides is 1. The summed E-state index contributed by atoms with van der Waals surface area (Å²) in [6.07, 6.45) is 0. The van der Waals surface area contributed by atoms with Gasteiger partial charge in [-0.1, -0.05) is 11.8 Å². The zero-order valence-electron chi connectivity index (χ0n) is 14.2. The van der Waals surface area contributed by atoms with Crippen LogP contribution in [0.25, 0.3) is 11.4 Å². The van der Waals surface area contributed by atoms with Gasteiger partial charge in [0.2, 0.25) is 5.91 Å². The average molecular weight is 480 g/mol. The smallest absolute Gasteiger partial charge is 0.234 e. The SMILES string of the molecule is Cc1cc(I)ccc1NC(=O)CSc1nnc(-c2ccc(O)cc2)n1C. The lowest BCUT2D eigenvalue weighted by atomic mass is 10.2. The lowest BCUT2D eigenvalue weighted by Gasteiger charge is -2.08. The van der Waals surface area contributed by atoms with Gasteiger partial charge in [-0.25, -0.2) is 0 Å². The Labute approximate surface area is 169 Å². The number of anilines is 1. The van der Waals surface area contributed by atoms with Crippen molar-refractivity contribution in [2.45, 2.75) is 12.1 Å². The van der Waals surface area contributed by atoms with Crippen molar-refractivity contribution in [3.63, 3.8) is 0 Å². The predicted octanol–water partition coefficient (Wildman–Crippen LogP) is 3.83. The molecule has 1 amide bonds. The highest BCUT2D eigenvalue weighted by Crippen LogP contribution is 2.24. The van der Waals surface area contributed by atoms with Gasteiger partial charge in [0.05, 0.1) is 5.75 Å². The minimum absolute atomic E-state index is 0.0894. The summed E-state index contributed by atoms with van der Waals surface area (Å²) in [5.74, 6) is 1.04. The number of hydrogen-bond donors (Lipinski definition) is 2. The van der Waals surface area contributed by atoms with Crippen LogP contribution in [0.1, 0.15) is 5.56 Å². The second-order valence-electron chi connectivity index (χ2n) is 5.71. The summed E-state index contributed by atoms with van der Waals surface area (Å²) >= 11 is 3.57. The third-order valence-corrected chi connectivity index (χ3v) is 5.45. The normalized spacial score (nSPS) is 10.7. The topological polar surface area (TPSA) is 80.0 Å². The molecule has 6 nitrogen and oxygen atoms in total. The number of aromatic nitrogens is 3. The molecule has 3 aromatic rings. The van der Waals surface area contributed by atoms with E-state index in [-0.39, 0.29) is 17.4 Å². The molecule has 1 aromatic heterocycles. The Kier molecular flexibility index (Phi) is 5.82. The van der Waals surface area contributed by atoms with Crippen molar-refractivity contribution in [3.05, 3.63) is 51.6 Å². The van der Waals surface area contributed by atoms with Gasteiger partial charge in [-0.05, 0) is 77.5 Å². The van der Waals surface area contributed by atoms with E-state index in [1.807, 2.05) is 36.7 Å². The molecule has 0 radical (unpaired) electrons. The van der Waals surface area contributed by atoms with Crippen LogP contribution in [-0.4, -0.2) is 31.5 Å². The van der Waals surface area contributed by atoms with Gasteiger partial charge in [-0.2, -0.15) is 0 Å². The molecule has 0 fully saturated rings. The summed E-state index contributed by atoms with van der Waals surface area (Å²) in [6, 6.07) is 12.7. The number of aryl methyl sites for hydroxylation is 1. The Hall–Kier alpha value is -2.07. The predicted molar refractivity (Wildman–Crippen MR) is 111 cm³/mol. The van der Waals surface area contributed by atoms with Crippen LogP contribution in [0.2, 0.25) is 0 Å². The number of carbonyl (C=O) groups excluding carboxylic acids is 1. The lowest BCUT2D eigenvalue weighted by molar-refractivity contribution is -0.113. The van der Waals surface area contributed by atoms with Crippen molar-refractivity contribution < 1.29 is 9.90 Å². The summed E-state index contributed by atoms with van der Waals surface area (Å²) in [4.78, 5) is 12.2. The molecule has 0 saturated carbocycles. The Morgan fingerprint density at radius 3 is 2.65 bits per heavy atom. The molecule has 0 spiro atoms. The van der Waals surface area contributed by atoms with Gasteiger partial charge < -0.3 is 15.0 Å². The first-order valence-electron chi connectivity index (χ1n) is 7.81. The van der Waals surface area contributed by atoms with Crippen LogP contribution in [0.3, 0.4) is 0 Å². The first-order chi connectivity index (χ1) is 12.4. The zero-order valence-corrected chi connectivity index (χ0v) is 17.2. The fraction of sp³-hybridized carbons (Fsp3) is 0.167. The van der Waals surface area contributed by atoms with Crippen LogP contribution < -0.4 is 5.32 Å². The quantitative estimate of drug-likeness (QED) is 0.429. The molecule has 8 heteroatoms. The Morgan fingerprint density at radius 1 is 1.23 bits per heavy atom. The molecule has 0 aliphatic rings. The number of benzene rings is 2. The molecule has 0 unspecified atom stereocenters. The number of halogens is 1. The van der Waals surface area contributed by atoms with Crippen LogP contribution in [0.5, 0.6) is 5.75 Å². The summed E-state index contributed by atoms with van der Waals surface area (Å²) < 4.78 is 2.97. The number of hydrogen-bond acceptors (Lipinski definition) is 5. The maximum Gasteiger partial charge on any atom is 0.234 e. The molecule has 2 aromatic carbocycles. The van der Waals surface area contributed by atoms with E-state index < -0.39 is 0 Å². The van der Waals surface area contributed by atoms with E-state index in [9.17, 15) is 9.90 Å². The average Bonchev–Trinajstić information content (AvgIpc) is 2.97. The number of aromatic hydroxyl groups is 1. The van der Waals surface area contributed by atoms with Gasteiger partial charge >= 0.3 is 0 Å². The van der Waals surface area contributed by atoms with E-state index >= 15 is 0 Å². The number of nitrogens with zero attached hydrogens (tertiary/aromatic N) is 3. The van der Waals surface area contributed by atoms with E-state index in [1.165, 1.54) is 11.8 Å². The summed E-state index contributed by atoms with van der Waals surface area (Å²) in [6.45, 7) is 1.97. The number of thioether (sulfide) groups is 1. The number of nitrogens with one attached hydrogen (secondary N) is 1. The van der Waals surface area contributed by atoms with Crippen LogP contribution in [0, 0.1) is 10.5 Å². The fourth-order valence-electron chi connectivity index (χ4n) is 2.39. The van der Waals surface area contributed by atoms with E-state index in [2.05, 4.69) is 38.1 Å². The maximum atomic E-state index is 12.2. The minimum Gasteiger partial charge on any atom is -0.508 e. The monoisotopic (exact) mass is 480 g/mol. The molecule has 26 heavy (non-hydrogen) atoms. The van der Waals surface area contributed by atoms with Crippen molar-refractivity contribution in [3.8, 4) is 17.1 Å². The third kappa shape index (κ3) is 4.36. The Balaban J connectivity index is 1.64. The number of rotatable bonds is 5. The molecule has 3 rings (SSSR count). The lowest BCUT2D eigenvalue weighted by Crippen LogP contribution is -2.15. The molecule has 0 aliphatic carbocycles. The molecule has 134 valence electrons. The molecule has 0 atom stereocenters. The number of phenolic OH excluding ortho intramolecular Hbond substituents is 1. The second-order valence-corrected chi connectivity index (χ2v) is 7.90. The standard InChI is InChI=1S/C18H17IN4O2S/c1-11-9-13(19)5-8-15(11)20-16(25)10-26-18-22-21-17(23(18)2)12-3-6-14(24)7-4-12/h3-9,24H,10H2,1-2H3,(H,20,25). The van der Waals surface area contributed by atoms with Crippen molar-refractivity contribution in [1.82, 2.24) is 14.8 Å². The molecule has 1 heterocycles.